The Morgan fingerprint density at radius 2 is 2.05 bits per heavy atom. The molecule has 2 aromatic heterocycles. The lowest BCUT2D eigenvalue weighted by atomic mass is 9.85. The molecule has 0 aromatic carbocycles. The average Bonchev–Trinajstić information content (AvgIpc) is 2.81. The third-order valence-electron chi connectivity index (χ3n) is 4.01. The van der Waals surface area contributed by atoms with E-state index in [1.54, 1.807) is 0 Å². The van der Waals surface area contributed by atoms with Crippen molar-refractivity contribution in [1.29, 1.82) is 0 Å². The normalized spacial score (nSPS) is 18.5. The van der Waals surface area contributed by atoms with Crippen LogP contribution in [0, 0.1) is 0 Å². The molecule has 0 unspecified atom stereocenters. The Kier molecular flexibility index (Phi) is 3.96. The fourth-order valence-electron chi connectivity index (χ4n) is 2.91. The summed E-state index contributed by atoms with van der Waals surface area (Å²) in [5, 5.41) is 14.4. The summed E-state index contributed by atoms with van der Waals surface area (Å²) in [4.78, 5) is 4.52. The van der Waals surface area contributed by atoms with Crippen molar-refractivity contribution >= 4 is 17.2 Å². The highest BCUT2D eigenvalue weighted by Crippen LogP contribution is 2.27. The third-order valence-corrected chi connectivity index (χ3v) is 4.23. The second-order valence-corrected chi connectivity index (χ2v) is 6.17. The molecule has 0 bridgehead atoms. The van der Waals surface area contributed by atoms with Gasteiger partial charge in [-0.3, -0.25) is 0 Å². The molecule has 0 aliphatic heterocycles. The fourth-order valence-corrected chi connectivity index (χ4v) is 3.08. The standard InChI is InChI=1S/C15H20ClN3O/c16-12-4-5-14-18-13(10-19(14)9-12)8-17-11-15(20)6-2-1-3-7-15/h4-5,9-10,17,20H,1-3,6-8,11H2. The van der Waals surface area contributed by atoms with Crippen LogP contribution in [0.25, 0.3) is 5.65 Å². The minimum Gasteiger partial charge on any atom is -0.389 e. The van der Waals surface area contributed by atoms with Gasteiger partial charge in [0.2, 0.25) is 0 Å². The SMILES string of the molecule is OC1(CNCc2cn3cc(Cl)ccc3n2)CCCCC1. The Hall–Kier alpha value is -1.10. The molecule has 3 rings (SSSR count). The zero-order valence-electron chi connectivity index (χ0n) is 11.5. The predicted molar refractivity (Wildman–Crippen MR) is 79.9 cm³/mol. The number of fused-ring (bicyclic) bond motifs is 1. The highest BCUT2D eigenvalue weighted by molar-refractivity contribution is 6.30. The van der Waals surface area contributed by atoms with Crippen LogP contribution in [0.2, 0.25) is 5.02 Å². The maximum absolute atomic E-state index is 10.4. The van der Waals surface area contributed by atoms with Crippen LogP contribution in [-0.4, -0.2) is 26.6 Å². The molecule has 5 heteroatoms. The van der Waals surface area contributed by atoms with Gasteiger partial charge < -0.3 is 14.8 Å². The molecule has 1 aliphatic carbocycles. The lowest BCUT2D eigenvalue weighted by Gasteiger charge is -2.32. The van der Waals surface area contributed by atoms with Crippen LogP contribution in [0.15, 0.2) is 24.5 Å². The summed E-state index contributed by atoms with van der Waals surface area (Å²) in [7, 11) is 0. The van der Waals surface area contributed by atoms with Crippen molar-refractivity contribution in [3.63, 3.8) is 0 Å². The summed E-state index contributed by atoms with van der Waals surface area (Å²) in [6, 6.07) is 3.74. The van der Waals surface area contributed by atoms with E-state index < -0.39 is 5.60 Å². The first-order valence-electron chi connectivity index (χ1n) is 7.21. The molecule has 1 fully saturated rings. The summed E-state index contributed by atoms with van der Waals surface area (Å²) in [6.07, 6.45) is 9.13. The number of imidazole rings is 1. The zero-order chi connectivity index (χ0) is 14.0. The van der Waals surface area contributed by atoms with Gasteiger partial charge >= 0.3 is 0 Å². The number of hydrogen-bond acceptors (Lipinski definition) is 3. The largest absolute Gasteiger partial charge is 0.389 e. The first kappa shape index (κ1) is 13.9. The van der Waals surface area contributed by atoms with E-state index in [4.69, 9.17) is 11.6 Å². The lowest BCUT2D eigenvalue weighted by Crippen LogP contribution is -2.41. The maximum atomic E-state index is 10.4. The van der Waals surface area contributed by atoms with Gasteiger partial charge in [-0.2, -0.15) is 0 Å². The molecule has 20 heavy (non-hydrogen) atoms. The molecule has 0 atom stereocenters. The van der Waals surface area contributed by atoms with Gasteiger partial charge in [0.15, 0.2) is 0 Å². The Balaban J connectivity index is 1.59. The van der Waals surface area contributed by atoms with E-state index in [2.05, 4.69) is 10.3 Å². The lowest BCUT2D eigenvalue weighted by molar-refractivity contribution is 0.00463. The van der Waals surface area contributed by atoms with E-state index in [1.807, 2.05) is 28.9 Å². The molecule has 1 aliphatic rings. The second kappa shape index (κ2) is 5.72. The smallest absolute Gasteiger partial charge is 0.137 e. The van der Waals surface area contributed by atoms with Crippen molar-refractivity contribution in [2.24, 2.45) is 0 Å². The number of rotatable bonds is 4. The summed E-state index contributed by atoms with van der Waals surface area (Å²) >= 11 is 5.95. The third kappa shape index (κ3) is 3.14. The zero-order valence-corrected chi connectivity index (χ0v) is 12.2. The maximum Gasteiger partial charge on any atom is 0.137 e. The molecule has 0 spiro atoms. The van der Waals surface area contributed by atoms with Gasteiger partial charge in [-0.1, -0.05) is 30.9 Å². The number of halogens is 1. The van der Waals surface area contributed by atoms with Gasteiger partial charge in [0, 0.05) is 25.5 Å². The molecule has 2 aromatic rings. The van der Waals surface area contributed by atoms with E-state index in [9.17, 15) is 5.11 Å². The molecule has 2 N–H and O–H groups in total. The summed E-state index contributed by atoms with van der Waals surface area (Å²) < 4.78 is 1.93. The van der Waals surface area contributed by atoms with E-state index >= 15 is 0 Å². The van der Waals surface area contributed by atoms with Crippen LogP contribution >= 0.6 is 11.6 Å². The minimum atomic E-state index is -0.527. The predicted octanol–water partition coefficient (Wildman–Crippen LogP) is 2.77. The summed E-state index contributed by atoms with van der Waals surface area (Å²) in [6.45, 7) is 1.31. The number of nitrogens with one attached hydrogen (secondary N) is 1. The second-order valence-electron chi connectivity index (χ2n) is 5.73. The molecular formula is C15H20ClN3O. The van der Waals surface area contributed by atoms with Crippen LogP contribution in [0.5, 0.6) is 0 Å². The van der Waals surface area contributed by atoms with Crippen LogP contribution in [0.3, 0.4) is 0 Å². The van der Waals surface area contributed by atoms with Crippen molar-refractivity contribution in [2.75, 3.05) is 6.54 Å². The Labute approximate surface area is 123 Å². The van der Waals surface area contributed by atoms with E-state index in [0.717, 1.165) is 37.0 Å². The van der Waals surface area contributed by atoms with Crippen molar-refractivity contribution in [2.45, 2.75) is 44.2 Å². The van der Waals surface area contributed by atoms with Crippen molar-refractivity contribution in [3.05, 3.63) is 35.2 Å². The summed E-state index contributed by atoms with van der Waals surface area (Å²) in [5.41, 5.74) is 1.33. The van der Waals surface area contributed by atoms with Crippen molar-refractivity contribution in [3.8, 4) is 0 Å². The average molecular weight is 294 g/mol. The molecular weight excluding hydrogens is 274 g/mol. The van der Waals surface area contributed by atoms with Crippen molar-refractivity contribution in [1.82, 2.24) is 14.7 Å². The number of aliphatic hydroxyl groups is 1. The molecule has 0 radical (unpaired) electrons. The molecule has 4 nitrogen and oxygen atoms in total. The fraction of sp³-hybridized carbons (Fsp3) is 0.533. The van der Waals surface area contributed by atoms with Crippen LogP contribution in [0.4, 0.5) is 0 Å². The number of pyridine rings is 1. The van der Waals surface area contributed by atoms with E-state index in [1.165, 1.54) is 6.42 Å². The summed E-state index contributed by atoms with van der Waals surface area (Å²) in [5.74, 6) is 0. The van der Waals surface area contributed by atoms with Gasteiger partial charge in [0.25, 0.3) is 0 Å². The van der Waals surface area contributed by atoms with Crippen LogP contribution in [-0.2, 0) is 6.54 Å². The van der Waals surface area contributed by atoms with Crippen LogP contribution in [0.1, 0.15) is 37.8 Å². The molecule has 0 saturated heterocycles. The topological polar surface area (TPSA) is 49.6 Å². The molecule has 1 saturated carbocycles. The minimum absolute atomic E-state index is 0.527. The number of aromatic nitrogens is 2. The highest BCUT2D eigenvalue weighted by atomic mass is 35.5. The highest BCUT2D eigenvalue weighted by Gasteiger charge is 2.28. The van der Waals surface area contributed by atoms with Gasteiger partial charge in [-0.05, 0) is 25.0 Å². The first-order chi connectivity index (χ1) is 9.65. The molecule has 2 heterocycles. The van der Waals surface area contributed by atoms with Crippen molar-refractivity contribution < 1.29 is 5.11 Å². The quantitative estimate of drug-likeness (QED) is 0.911. The number of hydrogen-bond donors (Lipinski definition) is 2. The molecule has 108 valence electrons. The van der Waals surface area contributed by atoms with Gasteiger partial charge in [0.1, 0.15) is 5.65 Å². The monoisotopic (exact) mass is 293 g/mol. The Bertz CT molecular complexity index is 590. The molecule has 0 amide bonds. The van der Waals surface area contributed by atoms with Gasteiger partial charge in [0.05, 0.1) is 16.3 Å². The Morgan fingerprint density at radius 3 is 2.85 bits per heavy atom. The Morgan fingerprint density at radius 1 is 1.25 bits per heavy atom. The first-order valence-corrected chi connectivity index (χ1v) is 7.59. The van der Waals surface area contributed by atoms with Gasteiger partial charge in [-0.25, -0.2) is 4.98 Å². The van der Waals surface area contributed by atoms with Crippen LogP contribution < -0.4 is 5.32 Å². The van der Waals surface area contributed by atoms with Gasteiger partial charge in [-0.15, -0.1) is 0 Å². The van der Waals surface area contributed by atoms with E-state index in [-0.39, 0.29) is 0 Å². The number of nitrogens with zero attached hydrogens (tertiary/aromatic N) is 2. The van der Waals surface area contributed by atoms with E-state index in [0.29, 0.717) is 18.1 Å².